The van der Waals surface area contributed by atoms with E-state index in [-0.39, 0.29) is 17.5 Å². The minimum atomic E-state index is -0.750. The zero-order chi connectivity index (χ0) is 18.4. The number of unbranched alkanes of at least 4 members (excludes halogenated alkanes) is 2. The van der Waals surface area contributed by atoms with E-state index in [1.807, 2.05) is 26.8 Å². The van der Waals surface area contributed by atoms with Gasteiger partial charge in [-0.25, -0.2) is 4.79 Å². The Labute approximate surface area is 146 Å². The predicted octanol–water partition coefficient (Wildman–Crippen LogP) is 2.49. The molecule has 0 bridgehead atoms. The number of nitrogens with one attached hydrogen (secondary N) is 1. The van der Waals surface area contributed by atoms with Crippen molar-refractivity contribution in [3.05, 3.63) is 39.8 Å². The third kappa shape index (κ3) is 4.43. The summed E-state index contributed by atoms with van der Waals surface area (Å²) in [6.45, 7) is 6.39. The van der Waals surface area contributed by atoms with E-state index in [0.717, 1.165) is 18.4 Å². The summed E-state index contributed by atoms with van der Waals surface area (Å²) in [7, 11) is 0. The lowest BCUT2D eigenvalue weighted by Crippen LogP contribution is -2.32. The first-order valence-corrected chi connectivity index (χ1v) is 8.47. The third-order valence-corrected chi connectivity index (χ3v) is 3.89. The highest BCUT2D eigenvalue weighted by Gasteiger charge is 2.17. The number of carbonyl (C=O) groups is 2. The van der Waals surface area contributed by atoms with Gasteiger partial charge in [-0.3, -0.25) is 14.6 Å². The number of hydrogen-bond donors (Lipinski definition) is 1. The van der Waals surface area contributed by atoms with Crippen LogP contribution in [0.1, 0.15) is 55.5 Å². The molecule has 2 heterocycles. The second-order valence-electron chi connectivity index (χ2n) is 5.90. The van der Waals surface area contributed by atoms with Crippen LogP contribution in [-0.2, 0) is 16.2 Å². The highest BCUT2D eigenvalue weighted by molar-refractivity contribution is 5.96. The number of hydroxylamine groups is 1. The van der Waals surface area contributed by atoms with Crippen molar-refractivity contribution in [3.8, 4) is 0 Å². The maximum Gasteiger partial charge on any atom is 0.332 e. The fourth-order valence-corrected chi connectivity index (χ4v) is 2.51. The van der Waals surface area contributed by atoms with Crippen LogP contribution >= 0.6 is 0 Å². The van der Waals surface area contributed by atoms with Crippen LogP contribution in [0.15, 0.2) is 23.3 Å². The molecule has 0 radical (unpaired) electrons. The van der Waals surface area contributed by atoms with Crippen molar-refractivity contribution in [3.63, 3.8) is 0 Å². The van der Waals surface area contributed by atoms with E-state index in [1.165, 1.54) is 6.20 Å². The maximum atomic E-state index is 12.5. The van der Waals surface area contributed by atoms with E-state index >= 15 is 0 Å². The second kappa shape index (κ2) is 8.41. The molecular weight excluding hydrogens is 322 g/mol. The number of amides is 1. The average molecular weight is 345 g/mol. The van der Waals surface area contributed by atoms with Gasteiger partial charge in [0, 0.05) is 25.4 Å². The van der Waals surface area contributed by atoms with Crippen LogP contribution < -0.4 is 10.9 Å². The molecule has 2 aromatic rings. The molecule has 1 N–H and O–H groups in total. The third-order valence-electron chi connectivity index (χ3n) is 3.89. The standard InChI is InChI=1S/C18H23N3O4/c1-4-6-7-8-15(22)25-20-18(24)13-11-21(5-2)14-9-12(3)10-19-16(14)17(13)23/h9-11H,4-8H2,1-3H3,(H,20,24). The number of hydrogen-bond acceptors (Lipinski definition) is 5. The maximum absolute atomic E-state index is 12.5. The summed E-state index contributed by atoms with van der Waals surface area (Å²) in [5.74, 6) is -1.27. The number of rotatable bonds is 6. The Morgan fingerprint density at radius 1 is 1.28 bits per heavy atom. The Morgan fingerprint density at radius 3 is 2.72 bits per heavy atom. The molecule has 0 aromatic carbocycles. The van der Waals surface area contributed by atoms with Gasteiger partial charge in [0.15, 0.2) is 0 Å². The summed E-state index contributed by atoms with van der Waals surface area (Å²) in [4.78, 5) is 45.3. The monoisotopic (exact) mass is 345 g/mol. The Bertz CT molecular complexity index is 842. The molecule has 0 aliphatic rings. The van der Waals surface area contributed by atoms with Gasteiger partial charge in [-0.1, -0.05) is 19.8 Å². The van der Waals surface area contributed by atoms with Crippen molar-refractivity contribution in [2.24, 2.45) is 0 Å². The van der Waals surface area contributed by atoms with Crippen molar-refractivity contribution >= 4 is 22.9 Å². The molecule has 7 heteroatoms. The number of nitrogens with zero attached hydrogens (tertiary/aromatic N) is 2. The normalized spacial score (nSPS) is 10.7. The lowest BCUT2D eigenvalue weighted by molar-refractivity contribution is -0.149. The first-order valence-electron chi connectivity index (χ1n) is 8.47. The highest BCUT2D eigenvalue weighted by Crippen LogP contribution is 2.12. The lowest BCUT2D eigenvalue weighted by Gasteiger charge is -2.11. The summed E-state index contributed by atoms with van der Waals surface area (Å²) >= 11 is 0. The molecule has 1 amide bonds. The number of aryl methyl sites for hydroxylation is 2. The number of fused-ring (bicyclic) bond motifs is 1. The number of aromatic nitrogens is 2. The van der Waals surface area contributed by atoms with Crippen LogP contribution in [0, 0.1) is 6.92 Å². The van der Waals surface area contributed by atoms with E-state index in [2.05, 4.69) is 10.5 Å². The van der Waals surface area contributed by atoms with E-state index < -0.39 is 17.3 Å². The molecule has 0 saturated carbocycles. The molecule has 2 rings (SSSR count). The molecule has 2 aromatic heterocycles. The largest absolute Gasteiger partial charge is 0.345 e. The van der Waals surface area contributed by atoms with Crippen molar-refractivity contribution in [1.29, 1.82) is 0 Å². The van der Waals surface area contributed by atoms with E-state index in [4.69, 9.17) is 4.84 Å². The van der Waals surface area contributed by atoms with Crippen molar-refractivity contribution in [2.75, 3.05) is 0 Å². The SMILES string of the molecule is CCCCCC(=O)ONC(=O)c1cn(CC)c2cc(C)cnc2c1=O. The summed E-state index contributed by atoms with van der Waals surface area (Å²) in [5, 5.41) is 0. The summed E-state index contributed by atoms with van der Waals surface area (Å²) in [6.07, 6.45) is 5.88. The second-order valence-corrected chi connectivity index (χ2v) is 5.90. The molecule has 7 nitrogen and oxygen atoms in total. The smallest absolute Gasteiger partial charge is 0.332 e. The Morgan fingerprint density at radius 2 is 2.04 bits per heavy atom. The van der Waals surface area contributed by atoms with Crippen molar-refractivity contribution in [1.82, 2.24) is 15.0 Å². The first kappa shape index (κ1) is 18.6. The fraction of sp³-hybridized carbons (Fsp3) is 0.444. The summed E-state index contributed by atoms with van der Waals surface area (Å²) in [5.41, 5.74) is 3.28. The van der Waals surface area contributed by atoms with Crippen molar-refractivity contribution < 1.29 is 14.4 Å². The Kier molecular flexibility index (Phi) is 6.27. The van der Waals surface area contributed by atoms with Gasteiger partial charge in [0.1, 0.15) is 11.1 Å². The van der Waals surface area contributed by atoms with E-state index in [1.54, 1.807) is 10.8 Å². The van der Waals surface area contributed by atoms with Gasteiger partial charge < -0.3 is 9.40 Å². The van der Waals surface area contributed by atoms with Gasteiger partial charge >= 0.3 is 5.97 Å². The molecule has 0 atom stereocenters. The quantitative estimate of drug-likeness (QED) is 0.642. The van der Waals surface area contributed by atoms with Gasteiger partial charge in [-0.2, -0.15) is 5.48 Å². The number of pyridine rings is 2. The van der Waals surface area contributed by atoms with Crippen LogP contribution in [-0.4, -0.2) is 21.4 Å². The van der Waals surface area contributed by atoms with Gasteiger partial charge in [-0.05, 0) is 31.9 Å². The van der Waals surface area contributed by atoms with Crippen LogP contribution in [0.25, 0.3) is 11.0 Å². The first-order chi connectivity index (χ1) is 12.0. The van der Waals surface area contributed by atoms with Crippen LogP contribution in [0.2, 0.25) is 0 Å². The van der Waals surface area contributed by atoms with Crippen LogP contribution in [0.4, 0.5) is 0 Å². The number of carbonyl (C=O) groups excluding carboxylic acids is 2. The molecule has 25 heavy (non-hydrogen) atoms. The average Bonchev–Trinajstić information content (AvgIpc) is 2.60. The summed E-state index contributed by atoms with van der Waals surface area (Å²) < 4.78 is 1.77. The van der Waals surface area contributed by atoms with Crippen LogP contribution in [0.3, 0.4) is 0 Å². The zero-order valence-electron chi connectivity index (χ0n) is 14.8. The molecule has 0 aliphatic carbocycles. The Hall–Kier alpha value is -2.70. The van der Waals surface area contributed by atoms with E-state index in [9.17, 15) is 14.4 Å². The van der Waals surface area contributed by atoms with Gasteiger partial charge in [0.05, 0.1) is 5.52 Å². The van der Waals surface area contributed by atoms with Crippen molar-refractivity contribution in [2.45, 2.75) is 53.0 Å². The van der Waals surface area contributed by atoms with Gasteiger partial charge in [0.2, 0.25) is 5.43 Å². The minimum Gasteiger partial charge on any atom is -0.345 e. The topological polar surface area (TPSA) is 90.3 Å². The fourth-order valence-electron chi connectivity index (χ4n) is 2.51. The molecule has 0 unspecified atom stereocenters. The minimum absolute atomic E-state index is 0.105. The Balaban J connectivity index is 2.21. The van der Waals surface area contributed by atoms with E-state index in [0.29, 0.717) is 18.5 Å². The highest BCUT2D eigenvalue weighted by atomic mass is 16.7. The molecule has 0 aliphatic heterocycles. The molecule has 134 valence electrons. The predicted molar refractivity (Wildman–Crippen MR) is 94.1 cm³/mol. The summed E-state index contributed by atoms with van der Waals surface area (Å²) in [6, 6.07) is 1.85. The lowest BCUT2D eigenvalue weighted by atomic mass is 10.2. The molecule has 0 spiro atoms. The van der Waals surface area contributed by atoms with Gasteiger partial charge in [-0.15, -0.1) is 0 Å². The van der Waals surface area contributed by atoms with Gasteiger partial charge in [0.25, 0.3) is 5.91 Å². The molecule has 0 fully saturated rings. The molecule has 0 saturated heterocycles. The zero-order valence-corrected chi connectivity index (χ0v) is 14.8. The molecular formula is C18H23N3O4. The van der Waals surface area contributed by atoms with Crippen LogP contribution in [0.5, 0.6) is 0 Å².